The quantitative estimate of drug-likeness (QED) is 0.334. The summed E-state index contributed by atoms with van der Waals surface area (Å²) in [6.07, 6.45) is 18.8. The summed E-state index contributed by atoms with van der Waals surface area (Å²) < 4.78 is 0. The van der Waals surface area contributed by atoms with Gasteiger partial charge in [-0.3, -0.25) is 0 Å². The molecule has 0 saturated heterocycles. The normalized spacial score (nSPS) is 37.7. The summed E-state index contributed by atoms with van der Waals surface area (Å²) >= 11 is 0. The predicted octanol–water partition coefficient (Wildman–Crippen LogP) is 7.79. The lowest BCUT2D eigenvalue weighted by molar-refractivity contribution is -0.309. The van der Waals surface area contributed by atoms with Crippen LogP contribution in [0.4, 0.5) is 0 Å². The molecule has 2 nitrogen and oxygen atoms in total. The molecule has 0 aromatic heterocycles. The summed E-state index contributed by atoms with van der Waals surface area (Å²) in [5.74, 6) is 3.38. The number of allylic oxidation sites excluding steroid dienone is 1. The summed E-state index contributed by atoms with van der Waals surface area (Å²) in [5.41, 5.74) is 5.29. The maximum Gasteiger partial charge on any atom is 0.133 e. The van der Waals surface area contributed by atoms with Gasteiger partial charge in [0.2, 0.25) is 0 Å². The minimum Gasteiger partial charge on any atom is -0.231 e. The molecule has 29 heavy (non-hydrogen) atoms. The lowest BCUT2D eigenvalue weighted by atomic mass is 9.60. The molecule has 4 aliphatic rings. The highest BCUT2D eigenvalue weighted by Crippen LogP contribution is 2.60. The van der Waals surface area contributed by atoms with E-state index in [0.717, 1.165) is 23.7 Å². The first-order chi connectivity index (χ1) is 14.0. The van der Waals surface area contributed by atoms with Crippen molar-refractivity contribution in [1.29, 1.82) is 0 Å². The molecule has 1 unspecified atom stereocenters. The van der Waals surface area contributed by atoms with Crippen LogP contribution in [0.25, 0.3) is 0 Å². The van der Waals surface area contributed by atoms with Crippen molar-refractivity contribution >= 4 is 0 Å². The van der Waals surface area contributed by atoms with Gasteiger partial charge in [0.15, 0.2) is 0 Å². The van der Waals surface area contributed by atoms with E-state index in [1.807, 2.05) is 0 Å². The second-order valence-corrected chi connectivity index (χ2v) is 11.3. The first-order valence-corrected chi connectivity index (χ1v) is 12.7. The third-order valence-corrected chi connectivity index (χ3v) is 8.91. The Labute approximate surface area is 179 Å². The molecule has 164 valence electrons. The topological polar surface area (TPSA) is 18.5 Å². The molecule has 0 bridgehead atoms. The van der Waals surface area contributed by atoms with Gasteiger partial charge in [-0.15, -0.1) is 0 Å². The molecule has 0 spiro atoms. The van der Waals surface area contributed by atoms with Crippen molar-refractivity contribution in [1.82, 2.24) is 0 Å². The number of rotatable bonds is 6. The Morgan fingerprint density at radius 1 is 1.03 bits per heavy atom. The predicted molar refractivity (Wildman–Crippen MR) is 120 cm³/mol. The standard InChI is InChI=1S/C27H44O2/c1-19(2)9-7-10-20(3)24-14-15-25-21(12-8-16-27(24,25)4)17-26-23-13-6-5-11-22(23)18-28-29-26/h17,19-20,24-26H,5-16,18H2,1-4H3/t20-,24-,25+,26?,27-/m1/s1. The van der Waals surface area contributed by atoms with Crippen molar-refractivity contribution < 1.29 is 9.78 Å². The van der Waals surface area contributed by atoms with Crippen LogP contribution in [0.15, 0.2) is 22.8 Å². The highest BCUT2D eigenvalue weighted by Gasteiger charge is 2.50. The van der Waals surface area contributed by atoms with Crippen molar-refractivity contribution in [2.75, 3.05) is 6.61 Å². The Hall–Kier alpha value is -0.600. The van der Waals surface area contributed by atoms with Gasteiger partial charge in [-0.05, 0) is 104 Å². The molecule has 0 aromatic carbocycles. The molecule has 2 heteroatoms. The molecule has 0 radical (unpaired) electrons. The van der Waals surface area contributed by atoms with Crippen LogP contribution in [0.3, 0.4) is 0 Å². The molecule has 1 heterocycles. The van der Waals surface area contributed by atoms with Gasteiger partial charge in [-0.1, -0.05) is 52.5 Å². The van der Waals surface area contributed by atoms with Crippen LogP contribution < -0.4 is 0 Å². The Morgan fingerprint density at radius 2 is 1.86 bits per heavy atom. The Morgan fingerprint density at radius 3 is 2.69 bits per heavy atom. The van der Waals surface area contributed by atoms with Crippen molar-refractivity contribution in [3.8, 4) is 0 Å². The number of hydrogen-bond donors (Lipinski definition) is 0. The molecule has 0 amide bonds. The van der Waals surface area contributed by atoms with Gasteiger partial charge in [-0.2, -0.15) is 0 Å². The lowest BCUT2D eigenvalue weighted by Crippen LogP contribution is -2.36. The molecule has 5 atom stereocenters. The second-order valence-electron chi connectivity index (χ2n) is 11.3. The van der Waals surface area contributed by atoms with E-state index < -0.39 is 0 Å². The van der Waals surface area contributed by atoms with Crippen LogP contribution in [0.2, 0.25) is 0 Å². The Kier molecular flexibility index (Phi) is 6.91. The zero-order valence-electron chi connectivity index (χ0n) is 19.5. The van der Waals surface area contributed by atoms with Crippen LogP contribution in [0.5, 0.6) is 0 Å². The Bertz CT molecular complexity index is 626. The number of hydrogen-bond acceptors (Lipinski definition) is 2. The molecular weight excluding hydrogens is 356 g/mol. The molecule has 2 saturated carbocycles. The van der Waals surface area contributed by atoms with Crippen LogP contribution in [-0.2, 0) is 9.78 Å². The van der Waals surface area contributed by atoms with Gasteiger partial charge in [-0.25, -0.2) is 9.78 Å². The molecule has 1 aliphatic heterocycles. The Balaban J connectivity index is 1.48. The van der Waals surface area contributed by atoms with E-state index in [4.69, 9.17) is 9.78 Å². The van der Waals surface area contributed by atoms with E-state index in [2.05, 4.69) is 33.8 Å². The van der Waals surface area contributed by atoms with Crippen molar-refractivity contribution in [2.24, 2.45) is 29.1 Å². The zero-order chi connectivity index (χ0) is 20.4. The smallest absolute Gasteiger partial charge is 0.133 e. The minimum atomic E-state index is 0.0962. The number of fused-ring (bicyclic) bond motifs is 1. The average Bonchev–Trinajstić information content (AvgIpc) is 3.06. The van der Waals surface area contributed by atoms with Gasteiger partial charge in [0.1, 0.15) is 12.7 Å². The maximum atomic E-state index is 5.85. The average molecular weight is 401 g/mol. The van der Waals surface area contributed by atoms with E-state index in [9.17, 15) is 0 Å². The van der Waals surface area contributed by atoms with Crippen molar-refractivity contribution in [3.05, 3.63) is 22.8 Å². The van der Waals surface area contributed by atoms with Crippen LogP contribution in [-0.4, -0.2) is 12.7 Å². The molecule has 0 aromatic rings. The molecule has 0 N–H and O–H groups in total. The fourth-order valence-corrected chi connectivity index (χ4v) is 7.32. The summed E-state index contributed by atoms with van der Waals surface area (Å²) in [6.45, 7) is 10.6. The minimum absolute atomic E-state index is 0.0962. The zero-order valence-corrected chi connectivity index (χ0v) is 19.5. The highest BCUT2D eigenvalue weighted by atomic mass is 17.2. The van der Waals surface area contributed by atoms with Crippen LogP contribution >= 0.6 is 0 Å². The molecule has 4 rings (SSSR count). The third kappa shape index (κ3) is 4.54. The van der Waals surface area contributed by atoms with Gasteiger partial charge in [0.05, 0.1) is 0 Å². The molecular formula is C27H44O2. The fourth-order valence-electron chi connectivity index (χ4n) is 7.32. The molecule has 2 fully saturated rings. The summed E-state index contributed by atoms with van der Waals surface area (Å²) in [4.78, 5) is 11.4. The monoisotopic (exact) mass is 400 g/mol. The van der Waals surface area contributed by atoms with E-state index in [1.165, 1.54) is 82.6 Å². The van der Waals surface area contributed by atoms with Gasteiger partial charge in [0, 0.05) is 0 Å². The van der Waals surface area contributed by atoms with Crippen molar-refractivity contribution in [3.63, 3.8) is 0 Å². The maximum absolute atomic E-state index is 5.85. The molecule has 3 aliphatic carbocycles. The first kappa shape index (κ1) is 21.6. The fraction of sp³-hybridized carbons (Fsp3) is 0.852. The van der Waals surface area contributed by atoms with Gasteiger partial charge >= 0.3 is 0 Å². The second kappa shape index (κ2) is 9.27. The SMILES string of the molecule is CC(C)CCC[C@@H](C)[C@H]1CC[C@H]2C(=CC3OOCC4=C3CCCC4)CCC[C@]12C. The largest absolute Gasteiger partial charge is 0.231 e. The highest BCUT2D eigenvalue weighted by molar-refractivity contribution is 5.30. The van der Waals surface area contributed by atoms with E-state index in [1.54, 1.807) is 11.1 Å². The van der Waals surface area contributed by atoms with Gasteiger partial charge in [0.25, 0.3) is 0 Å². The third-order valence-electron chi connectivity index (χ3n) is 8.91. The van der Waals surface area contributed by atoms with E-state index in [0.29, 0.717) is 12.0 Å². The van der Waals surface area contributed by atoms with Crippen molar-refractivity contribution in [2.45, 2.75) is 111 Å². The summed E-state index contributed by atoms with van der Waals surface area (Å²) in [7, 11) is 0. The van der Waals surface area contributed by atoms with E-state index in [-0.39, 0.29) is 6.10 Å². The van der Waals surface area contributed by atoms with E-state index >= 15 is 0 Å². The van der Waals surface area contributed by atoms with Crippen LogP contribution in [0, 0.1) is 29.1 Å². The first-order valence-electron chi connectivity index (χ1n) is 12.7. The van der Waals surface area contributed by atoms with Gasteiger partial charge < -0.3 is 0 Å². The summed E-state index contributed by atoms with van der Waals surface area (Å²) in [6, 6.07) is 0. The lowest BCUT2D eigenvalue weighted by Gasteiger charge is -2.45. The van der Waals surface area contributed by atoms with Crippen LogP contribution in [0.1, 0.15) is 105 Å². The summed E-state index contributed by atoms with van der Waals surface area (Å²) in [5, 5.41) is 0.